The summed E-state index contributed by atoms with van der Waals surface area (Å²) in [5.41, 5.74) is 0. The summed E-state index contributed by atoms with van der Waals surface area (Å²) < 4.78 is 32.7. The zero-order chi connectivity index (χ0) is 15.2. The SMILES string of the molecule is CCCNc1nc(Sc2ccccc2OC)c(F)cc1F. The first-order valence-corrected chi connectivity index (χ1v) is 7.38. The Morgan fingerprint density at radius 1 is 1.24 bits per heavy atom. The quantitative estimate of drug-likeness (QED) is 0.860. The Morgan fingerprint density at radius 2 is 2.00 bits per heavy atom. The van der Waals surface area contributed by atoms with Crippen LogP contribution in [0.4, 0.5) is 14.6 Å². The highest BCUT2D eigenvalue weighted by Gasteiger charge is 2.14. The van der Waals surface area contributed by atoms with E-state index >= 15 is 0 Å². The molecule has 0 aliphatic heterocycles. The summed E-state index contributed by atoms with van der Waals surface area (Å²) in [6.07, 6.45) is 0.827. The molecule has 1 aromatic heterocycles. The van der Waals surface area contributed by atoms with Gasteiger partial charge in [0.2, 0.25) is 0 Å². The number of anilines is 1. The van der Waals surface area contributed by atoms with Crippen molar-refractivity contribution < 1.29 is 13.5 Å². The molecule has 0 aliphatic rings. The van der Waals surface area contributed by atoms with Gasteiger partial charge in [-0.2, -0.15) is 0 Å². The second kappa shape index (κ2) is 7.26. The molecule has 0 saturated carbocycles. The van der Waals surface area contributed by atoms with Crippen LogP contribution in [0, 0.1) is 11.6 Å². The van der Waals surface area contributed by atoms with Crippen LogP contribution in [0.15, 0.2) is 40.3 Å². The predicted octanol–water partition coefficient (Wildman–Crippen LogP) is 4.34. The molecular weight excluding hydrogens is 294 g/mol. The van der Waals surface area contributed by atoms with E-state index in [0.29, 0.717) is 12.3 Å². The highest BCUT2D eigenvalue weighted by atomic mass is 32.2. The maximum atomic E-state index is 13.9. The summed E-state index contributed by atoms with van der Waals surface area (Å²) in [5.74, 6) is -0.692. The monoisotopic (exact) mass is 310 g/mol. The number of halogens is 2. The van der Waals surface area contributed by atoms with E-state index in [-0.39, 0.29) is 10.8 Å². The van der Waals surface area contributed by atoms with Crippen molar-refractivity contribution in [3.05, 3.63) is 42.0 Å². The molecule has 0 radical (unpaired) electrons. The van der Waals surface area contributed by atoms with Crippen LogP contribution in [0.25, 0.3) is 0 Å². The minimum absolute atomic E-state index is 0.0654. The minimum atomic E-state index is -0.690. The Balaban J connectivity index is 2.30. The average Bonchev–Trinajstić information content (AvgIpc) is 2.49. The first-order chi connectivity index (χ1) is 10.2. The molecular formula is C15H16F2N2OS. The van der Waals surface area contributed by atoms with Gasteiger partial charge in [-0.05, 0) is 18.6 Å². The number of nitrogens with one attached hydrogen (secondary N) is 1. The molecule has 0 unspecified atom stereocenters. The van der Waals surface area contributed by atoms with Crippen LogP contribution in [-0.4, -0.2) is 18.6 Å². The molecule has 112 valence electrons. The van der Waals surface area contributed by atoms with Crippen LogP contribution in [-0.2, 0) is 0 Å². The molecule has 0 bridgehead atoms. The molecule has 1 N–H and O–H groups in total. The molecule has 2 aromatic rings. The number of nitrogens with zero attached hydrogens (tertiary/aromatic N) is 1. The number of methoxy groups -OCH3 is 1. The first kappa shape index (κ1) is 15.6. The third-order valence-corrected chi connectivity index (χ3v) is 3.75. The summed E-state index contributed by atoms with van der Waals surface area (Å²) in [6.45, 7) is 2.53. The van der Waals surface area contributed by atoms with Gasteiger partial charge in [0.25, 0.3) is 0 Å². The summed E-state index contributed by atoms with van der Waals surface area (Å²) in [7, 11) is 1.54. The number of para-hydroxylation sites is 1. The van der Waals surface area contributed by atoms with Gasteiger partial charge in [0.15, 0.2) is 17.5 Å². The van der Waals surface area contributed by atoms with Gasteiger partial charge in [0.05, 0.1) is 12.0 Å². The first-order valence-electron chi connectivity index (χ1n) is 6.56. The number of hydrogen-bond donors (Lipinski definition) is 1. The molecule has 0 amide bonds. The van der Waals surface area contributed by atoms with Crippen LogP contribution in [0.5, 0.6) is 5.75 Å². The highest BCUT2D eigenvalue weighted by Crippen LogP contribution is 2.35. The summed E-state index contributed by atoms with van der Waals surface area (Å²) >= 11 is 1.10. The lowest BCUT2D eigenvalue weighted by Gasteiger charge is -2.10. The van der Waals surface area contributed by atoms with Crippen LogP contribution in [0.3, 0.4) is 0 Å². The van der Waals surface area contributed by atoms with E-state index in [2.05, 4.69) is 10.3 Å². The van der Waals surface area contributed by atoms with Crippen molar-refractivity contribution in [3.63, 3.8) is 0 Å². The third-order valence-electron chi connectivity index (χ3n) is 2.72. The molecule has 0 spiro atoms. The van der Waals surface area contributed by atoms with E-state index in [1.165, 1.54) is 0 Å². The molecule has 0 atom stereocenters. The lowest BCUT2D eigenvalue weighted by Crippen LogP contribution is -2.06. The van der Waals surface area contributed by atoms with Crippen molar-refractivity contribution in [2.24, 2.45) is 0 Å². The van der Waals surface area contributed by atoms with E-state index < -0.39 is 11.6 Å². The van der Waals surface area contributed by atoms with Crippen molar-refractivity contribution in [2.45, 2.75) is 23.3 Å². The Labute approximate surface area is 126 Å². The second-order valence-electron chi connectivity index (χ2n) is 4.29. The van der Waals surface area contributed by atoms with Gasteiger partial charge in [0.1, 0.15) is 10.8 Å². The van der Waals surface area contributed by atoms with Crippen molar-refractivity contribution in [2.75, 3.05) is 19.0 Å². The zero-order valence-corrected chi connectivity index (χ0v) is 12.6. The topological polar surface area (TPSA) is 34.2 Å². The number of benzene rings is 1. The Morgan fingerprint density at radius 3 is 2.71 bits per heavy atom. The Bertz CT molecular complexity index is 623. The Hall–Kier alpha value is -1.82. The lowest BCUT2D eigenvalue weighted by atomic mass is 10.3. The van der Waals surface area contributed by atoms with Crippen molar-refractivity contribution in [3.8, 4) is 5.75 Å². The van der Waals surface area contributed by atoms with Gasteiger partial charge in [-0.1, -0.05) is 30.8 Å². The Kier molecular flexibility index (Phi) is 5.38. The molecule has 2 rings (SSSR count). The number of rotatable bonds is 6. The molecule has 0 fully saturated rings. The van der Waals surface area contributed by atoms with Crippen LogP contribution < -0.4 is 10.1 Å². The fraction of sp³-hybridized carbons (Fsp3) is 0.267. The van der Waals surface area contributed by atoms with E-state index in [1.807, 2.05) is 19.1 Å². The third kappa shape index (κ3) is 3.85. The van der Waals surface area contributed by atoms with Crippen LogP contribution in [0.1, 0.15) is 13.3 Å². The van der Waals surface area contributed by atoms with Crippen molar-refractivity contribution >= 4 is 17.6 Å². The van der Waals surface area contributed by atoms with E-state index in [0.717, 1.165) is 29.1 Å². The summed E-state index contributed by atoms with van der Waals surface area (Å²) in [4.78, 5) is 4.75. The lowest BCUT2D eigenvalue weighted by molar-refractivity contribution is 0.404. The van der Waals surface area contributed by atoms with E-state index in [9.17, 15) is 8.78 Å². The normalized spacial score (nSPS) is 10.5. The fourth-order valence-corrected chi connectivity index (χ4v) is 2.60. The van der Waals surface area contributed by atoms with Crippen LogP contribution >= 0.6 is 11.8 Å². The van der Waals surface area contributed by atoms with Crippen LogP contribution in [0.2, 0.25) is 0 Å². The summed E-state index contributed by atoms with van der Waals surface area (Å²) in [6, 6.07) is 8.07. The number of pyridine rings is 1. The maximum Gasteiger partial charge on any atom is 0.168 e. The van der Waals surface area contributed by atoms with Gasteiger partial charge in [-0.3, -0.25) is 0 Å². The minimum Gasteiger partial charge on any atom is -0.496 e. The number of ether oxygens (including phenoxy) is 1. The van der Waals surface area contributed by atoms with E-state index in [1.54, 1.807) is 19.2 Å². The van der Waals surface area contributed by atoms with Gasteiger partial charge in [-0.15, -0.1) is 0 Å². The number of hydrogen-bond acceptors (Lipinski definition) is 4. The predicted molar refractivity (Wildman–Crippen MR) is 80.1 cm³/mol. The molecule has 1 aromatic carbocycles. The molecule has 6 heteroatoms. The van der Waals surface area contributed by atoms with Gasteiger partial charge in [-0.25, -0.2) is 13.8 Å². The molecule has 0 saturated heterocycles. The fourth-order valence-electron chi connectivity index (χ4n) is 1.70. The number of aromatic nitrogens is 1. The standard InChI is InChI=1S/C15H16F2N2OS/c1-3-8-18-14-10(16)9-11(17)15(19-14)21-13-7-5-4-6-12(13)20-2/h4-7,9H,3,8H2,1-2H3,(H,18,19). The second-order valence-corrected chi connectivity index (χ2v) is 5.32. The van der Waals surface area contributed by atoms with Crippen molar-refractivity contribution in [1.29, 1.82) is 0 Å². The van der Waals surface area contributed by atoms with Gasteiger partial charge < -0.3 is 10.1 Å². The molecule has 0 aliphatic carbocycles. The largest absolute Gasteiger partial charge is 0.496 e. The van der Waals surface area contributed by atoms with E-state index in [4.69, 9.17) is 4.74 Å². The smallest absolute Gasteiger partial charge is 0.168 e. The van der Waals surface area contributed by atoms with Crippen molar-refractivity contribution in [1.82, 2.24) is 4.98 Å². The van der Waals surface area contributed by atoms with Gasteiger partial charge >= 0.3 is 0 Å². The molecule has 3 nitrogen and oxygen atoms in total. The highest BCUT2D eigenvalue weighted by molar-refractivity contribution is 7.99. The maximum absolute atomic E-state index is 13.9. The molecule has 1 heterocycles. The molecule has 21 heavy (non-hydrogen) atoms. The van der Waals surface area contributed by atoms with Gasteiger partial charge in [0, 0.05) is 12.6 Å². The summed E-state index contributed by atoms with van der Waals surface area (Å²) in [5, 5.41) is 2.96. The zero-order valence-electron chi connectivity index (χ0n) is 11.8. The average molecular weight is 310 g/mol.